The minimum atomic E-state index is 0.0767. The molecule has 17 heavy (non-hydrogen) atoms. The molecule has 2 rings (SSSR count). The maximum Gasteiger partial charge on any atom is 0.232 e. The van der Waals surface area contributed by atoms with Gasteiger partial charge in [-0.2, -0.15) is 12.6 Å². The number of carbonyl (C=O) groups excluding carboxylic acids is 1. The Labute approximate surface area is 111 Å². The Kier molecular flexibility index (Phi) is 4.07. The van der Waals surface area contributed by atoms with Crippen molar-refractivity contribution in [2.24, 2.45) is 0 Å². The molecule has 1 heterocycles. The third-order valence-electron chi connectivity index (χ3n) is 2.84. The number of hydrogen-bond acceptors (Lipinski definition) is 3. The van der Waals surface area contributed by atoms with Crippen LogP contribution >= 0.6 is 24.0 Å². The molecule has 0 spiro atoms. The molecule has 0 aliphatic heterocycles. The normalized spacial score (nSPS) is 10.7. The Bertz CT molecular complexity index is 521. The molecular weight excluding hydrogens is 250 g/mol. The predicted molar refractivity (Wildman–Crippen MR) is 77.0 cm³/mol. The number of carbonyl (C=O) groups is 1. The summed E-state index contributed by atoms with van der Waals surface area (Å²) in [5.74, 6) is 0.355. The minimum Gasteiger partial charge on any atom is -0.345 e. The van der Waals surface area contributed by atoms with Crippen molar-refractivity contribution in [1.29, 1.82) is 0 Å². The number of thiophene rings is 1. The lowest BCUT2D eigenvalue weighted by Gasteiger charge is -2.15. The van der Waals surface area contributed by atoms with Crippen molar-refractivity contribution in [3.8, 4) is 0 Å². The van der Waals surface area contributed by atoms with E-state index < -0.39 is 0 Å². The zero-order chi connectivity index (χ0) is 12.3. The van der Waals surface area contributed by atoms with E-state index in [0.29, 0.717) is 0 Å². The van der Waals surface area contributed by atoms with Crippen molar-refractivity contribution in [3.05, 3.63) is 35.2 Å². The number of rotatable bonds is 4. The second kappa shape index (κ2) is 5.56. The monoisotopic (exact) mass is 265 g/mol. The van der Waals surface area contributed by atoms with Crippen molar-refractivity contribution in [2.75, 3.05) is 19.3 Å². The van der Waals surface area contributed by atoms with E-state index in [-0.39, 0.29) is 11.7 Å². The van der Waals surface area contributed by atoms with E-state index in [0.717, 1.165) is 13.0 Å². The molecule has 4 heteroatoms. The van der Waals surface area contributed by atoms with Gasteiger partial charge in [0, 0.05) is 18.3 Å². The van der Waals surface area contributed by atoms with Crippen LogP contribution < -0.4 is 0 Å². The van der Waals surface area contributed by atoms with Gasteiger partial charge in [-0.25, -0.2) is 0 Å². The van der Waals surface area contributed by atoms with E-state index in [4.69, 9.17) is 0 Å². The van der Waals surface area contributed by atoms with E-state index in [2.05, 4.69) is 42.3 Å². The van der Waals surface area contributed by atoms with Crippen LogP contribution in [0.1, 0.15) is 5.56 Å². The van der Waals surface area contributed by atoms with Gasteiger partial charge < -0.3 is 4.90 Å². The van der Waals surface area contributed by atoms with Crippen LogP contribution in [0, 0.1) is 0 Å². The number of benzene rings is 1. The SMILES string of the molecule is CN(CCc1csc2ccccc12)C(=O)CS. The molecule has 90 valence electrons. The number of hydrogen-bond donors (Lipinski definition) is 1. The number of amides is 1. The fraction of sp³-hybridized carbons (Fsp3) is 0.308. The number of thiol groups is 1. The van der Waals surface area contributed by atoms with Crippen molar-refractivity contribution >= 4 is 40.0 Å². The highest BCUT2D eigenvalue weighted by Gasteiger charge is 2.08. The third kappa shape index (κ3) is 2.82. The van der Waals surface area contributed by atoms with Gasteiger partial charge in [0.1, 0.15) is 0 Å². The van der Waals surface area contributed by atoms with Crippen LogP contribution in [-0.2, 0) is 11.2 Å². The molecule has 2 aromatic rings. The quantitative estimate of drug-likeness (QED) is 0.843. The van der Waals surface area contributed by atoms with Crippen LogP contribution in [0.4, 0.5) is 0 Å². The summed E-state index contributed by atoms with van der Waals surface area (Å²) in [6, 6.07) is 8.38. The van der Waals surface area contributed by atoms with Gasteiger partial charge in [-0.15, -0.1) is 11.3 Å². The smallest absolute Gasteiger partial charge is 0.232 e. The Balaban J connectivity index is 2.07. The second-order valence-corrected chi connectivity index (χ2v) is 5.21. The van der Waals surface area contributed by atoms with Gasteiger partial charge in [0.15, 0.2) is 0 Å². The molecule has 0 aliphatic carbocycles. The van der Waals surface area contributed by atoms with Gasteiger partial charge in [0.2, 0.25) is 5.91 Å². The van der Waals surface area contributed by atoms with Crippen LogP contribution in [0.5, 0.6) is 0 Å². The molecule has 1 aromatic carbocycles. The van der Waals surface area contributed by atoms with E-state index in [1.807, 2.05) is 7.05 Å². The van der Waals surface area contributed by atoms with Crippen molar-refractivity contribution in [1.82, 2.24) is 4.90 Å². The summed E-state index contributed by atoms with van der Waals surface area (Å²) in [5, 5.41) is 3.49. The number of fused-ring (bicyclic) bond motifs is 1. The first-order chi connectivity index (χ1) is 8.22. The topological polar surface area (TPSA) is 20.3 Å². The van der Waals surface area contributed by atoms with Crippen LogP contribution in [0.2, 0.25) is 0 Å². The van der Waals surface area contributed by atoms with Gasteiger partial charge >= 0.3 is 0 Å². The Morgan fingerprint density at radius 3 is 2.94 bits per heavy atom. The second-order valence-electron chi connectivity index (χ2n) is 3.98. The zero-order valence-electron chi connectivity index (χ0n) is 9.72. The summed E-state index contributed by atoms with van der Waals surface area (Å²) in [4.78, 5) is 13.1. The zero-order valence-corrected chi connectivity index (χ0v) is 11.4. The summed E-state index contributed by atoms with van der Waals surface area (Å²) in [7, 11) is 1.83. The predicted octanol–water partition coefficient (Wildman–Crippen LogP) is 2.83. The Hall–Kier alpha value is -1.000. The Morgan fingerprint density at radius 2 is 2.18 bits per heavy atom. The molecule has 2 nitrogen and oxygen atoms in total. The average molecular weight is 265 g/mol. The molecule has 0 saturated carbocycles. The lowest BCUT2D eigenvalue weighted by Crippen LogP contribution is -2.29. The molecule has 0 bridgehead atoms. The highest BCUT2D eigenvalue weighted by Crippen LogP contribution is 2.25. The molecule has 0 unspecified atom stereocenters. The molecule has 0 atom stereocenters. The summed E-state index contributed by atoms with van der Waals surface area (Å²) in [6.45, 7) is 0.750. The first-order valence-corrected chi connectivity index (χ1v) is 7.03. The molecule has 0 aliphatic rings. The average Bonchev–Trinajstić information content (AvgIpc) is 2.78. The number of likely N-dealkylation sites (N-methyl/N-ethyl adjacent to an activating group) is 1. The van der Waals surface area contributed by atoms with E-state index in [9.17, 15) is 4.79 Å². The fourth-order valence-corrected chi connectivity index (χ4v) is 3.00. The van der Waals surface area contributed by atoms with Gasteiger partial charge in [-0.1, -0.05) is 18.2 Å². The largest absolute Gasteiger partial charge is 0.345 e. The van der Waals surface area contributed by atoms with Crippen molar-refractivity contribution < 1.29 is 4.79 Å². The van der Waals surface area contributed by atoms with E-state index in [1.165, 1.54) is 15.6 Å². The van der Waals surface area contributed by atoms with E-state index in [1.54, 1.807) is 16.2 Å². The lowest BCUT2D eigenvalue weighted by molar-refractivity contribution is -0.127. The summed E-state index contributed by atoms with van der Waals surface area (Å²) < 4.78 is 1.31. The van der Waals surface area contributed by atoms with Gasteiger partial charge in [0.25, 0.3) is 0 Å². The maximum absolute atomic E-state index is 11.4. The first kappa shape index (κ1) is 12.5. The maximum atomic E-state index is 11.4. The minimum absolute atomic E-state index is 0.0767. The van der Waals surface area contributed by atoms with Crippen LogP contribution in [0.25, 0.3) is 10.1 Å². The third-order valence-corrected chi connectivity index (χ3v) is 4.12. The summed E-state index contributed by atoms with van der Waals surface area (Å²) in [6.07, 6.45) is 0.903. The van der Waals surface area contributed by atoms with Gasteiger partial charge in [0.05, 0.1) is 5.75 Å². The highest BCUT2D eigenvalue weighted by atomic mass is 32.1. The molecular formula is C13H15NOS2. The highest BCUT2D eigenvalue weighted by molar-refractivity contribution is 7.81. The van der Waals surface area contributed by atoms with Crippen LogP contribution in [-0.4, -0.2) is 30.2 Å². The Morgan fingerprint density at radius 1 is 1.41 bits per heavy atom. The number of nitrogens with zero attached hydrogens (tertiary/aromatic N) is 1. The van der Waals surface area contributed by atoms with Crippen LogP contribution in [0.3, 0.4) is 0 Å². The molecule has 0 saturated heterocycles. The standard InChI is InChI=1S/C13H15NOS2/c1-14(13(15)8-16)7-6-10-9-17-12-5-3-2-4-11(10)12/h2-5,9,16H,6-8H2,1H3. The molecule has 0 radical (unpaired) electrons. The first-order valence-electron chi connectivity index (χ1n) is 5.52. The summed E-state index contributed by atoms with van der Waals surface area (Å²) in [5.41, 5.74) is 1.32. The van der Waals surface area contributed by atoms with Crippen LogP contribution in [0.15, 0.2) is 29.6 Å². The van der Waals surface area contributed by atoms with Crippen molar-refractivity contribution in [3.63, 3.8) is 0 Å². The molecule has 0 fully saturated rings. The molecule has 1 amide bonds. The summed E-state index contributed by atoms with van der Waals surface area (Å²) >= 11 is 5.75. The fourth-order valence-electron chi connectivity index (χ4n) is 1.76. The molecule has 0 N–H and O–H groups in total. The lowest BCUT2D eigenvalue weighted by atomic mass is 10.1. The van der Waals surface area contributed by atoms with Gasteiger partial charge in [-0.05, 0) is 28.8 Å². The molecule has 1 aromatic heterocycles. The van der Waals surface area contributed by atoms with E-state index >= 15 is 0 Å². The van der Waals surface area contributed by atoms with Crippen molar-refractivity contribution in [2.45, 2.75) is 6.42 Å². The van der Waals surface area contributed by atoms with Gasteiger partial charge in [-0.3, -0.25) is 4.79 Å².